The van der Waals surface area contributed by atoms with Gasteiger partial charge in [0.2, 0.25) is 0 Å². The summed E-state index contributed by atoms with van der Waals surface area (Å²) in [6.45, 7) is 7.53. The molecule has 1 N–H and O–H groups in total. The van der Waals surface area contributed by atoms with E-state index in [0.29, 0.717) is 35.4 Å². The minimum Gasteiger partial charge on any atom is -0.507 e. The third-order valence-electron chi connectivity index (χ3n) is 7.08. The van der Waals surface area contributed by atoms with Crippen LogP contribution in [0.4, 0.5) is 0 Å². The summed E-state index contributed by atoms with van der Waals surface area (Å²) in [7, 11) is 2.86. The first-order chi connectivity index (χ1) is 18.9. The third kappa shape index (κ3) is 7.26. The number of aliphatic hydroxyl groups is 1. The zero-order chi connectivity index (χ0) is 28.4. The average Bonchev–Trinajstić information content (AvgIpc) is 3.22. The van der Waals surface area contributed by atoms with Crippen LogP contribution in [0.2, 0.25) is 0 Å². The van der Waals surface area contributed by atoms with E-state index in [1.165, 1.54) is 7.11 Å². The second-order valence-electron chi connectivity index (χ2n) is 9.74. The lowest BCUT2D eigenvalue weighted by Crippen LogP contribution is -2.34. The topological polar surface area (TPSA) is 96.4 Å². The normalized spacial score (nSPS) is 16.6. The predicted molar refractivity (Wildman–Crippen MR) is 151 cm³/mol. The summed E-state index contributed by atoms with van der Waals surface area (Å²) in [4.78, 5) is 42.6. The van der Waals surface area contributed by atoms with Crippen LogP contribution in [-0.4, -0.2) is 73.0 Å². The SMILES string of the molecule is CCCCN(CCCC)CCCN1C(=O)C(=O)C(=C(O)c2ccc(OC)cc2)[C@@H]1c1ccc(C(=O)OC)cc1. The molecule has 8 heteroatoms. The van der Waals surface area contributed by atoms with E-state index in [1.807, 2.05) is 0 Å². The smallest absolute Gasteiger partial charge is 0.337 e. The number of hydrogen-bond acceptors (Lipinski definition) is 7. The molecule has 1 fully saturated rings. The quantitative estimate of drug-likeness (QED) is 0.154. The van der Waals surface area contributed by atoms with Gasteiger partial charge in [0.15, 0.2) is 0 Å². The number of unbranched alkanes of at least 4 members (excludes halogenated alkanes) is 2. The highest BCUT2D eigenvalue weighted by molar-refractivity contribution is 6.46. The summed E-state index contributed by atoms with van der Waals surface area (Å²) in [6.07, 6.45) is 5.15. The molecule has 1 heterocycles. The van der Waals surface area contributed by atoms with Gasteiger partial charge in [0.05, 0.1) is 31.4 Å². The van der Waals surface area contributed by atoms with E-state index in [1.54, 1.807) is 60.5 Å². The van der Waals surface area contributed by atoms with Crippen molar-refractivity contribution in [2.75, 3.05) is 40.4 Å². The number of methoxy groups -OCH3 is 2. The molecule has 0 radical (unpaired) electrons. The number of amides is 1. The summed E-state index contributed by atoms with van der Waals surface area (Å²) in [5.41, 5.74) is 1.43. The van der Waals surface area contributed by atoms with Crippen LogP contribution in [0.3, 0.4) is 0 Å². The van der Waals surface area contributed by atoms with Crippen molar-refractivity contribution < 1.29 is 29.0 Å². The molecule has 3 rings (SSSR count). The fourth-order valence-corrected chi connectivity index (χ4v) is 4.84. The van der Waals surface area contributed by atoms with Crippen LogP contribution < -0.4 is 4.74 Å². The highest BCUT2D eigenvalue weighted by Gasteiger charge is 2.45. The molecule has 1 atom stereocenters. The number of esters is 1. The van der Waals surface area contributed by atoms with Crippen LogP contribution in [0.5, 0.6) is 5.75 Å². The maximum Gasteiger partial charge on any atom is 0.337 e. The number of ether oxygens (including phenoxy) is 2. The van der Waals surface area contributed by atoms with Gasteiger partial charge in [-0.15, -0.1) is 0 Å². The Hall–Kier alpha value is -3.65. The summed E-state index contributed by atoms with van der Waals surface area (Å²) in [5.74, 6) is -1.47. The van der Waals surface area contributed by atoms with E-state index in [0.717, 1.165) is 45.3 Å². The molecule has 1 aliphatic rings. The van der Waals surface area contributed by atoms with E-state index in [4.69, 9.17) is 9.47 Å². The number of Topliss-reactive ketones (excluding diaryl/α,β-unsaturated/α-hetero) is 1. The Bertz CT molecular complexity index is 1150. The van der Waals surface area contributed by atoms with E-state index in [2.05, 4.69) is 18.7 Å². The van der Waals surface area contributed by atoms with Crippen molar-refractivity contribution >= 4 is 23.4 Å². The summed E-state index contributed by atoms with van der Waals surface area (Å²) >= 11 is 0. The molecule has 0 aliphatic carbocycles. The van der Waals surface area contributed by atoms with E-state index in [9.17, 15) is 19.5 Å². The monoisotopic (exact) mass is 536 g/mol. The van der Waals surface area contributed by atoms with Gasteiger partial charge in [-0.3, -0.25) is 9.59 Å². The molecular formula is C31H40N2O6. The van der Waals surface area contributed by atoms with Gasteiger partial charge in [-0.1, -0.05) is 38.8 Å². The second-order valence-corrected chi connectivity index (χ2v) is 9.74. The van der Waals surface area contributed by atoms with Crippen LogP contribution in [0, 0.1) is 0 Å². The first-order valence-electron chi connectivity index (χ1n) is 13.7. The molecule has 1 saturated heterocycles. The van der Waals surface area contributed by atoms with Crippen LogP contribution >= 0.6 is 0 Å². The summed E-state index contributed by atoms with van der Waals surface area (Å²) in [6, 6.07) is 12.5. The molecule has 1 amide bonds. The molecule has 8 nitrogen and oxygen atoms in total. The van der Waals surface area contributed by atoms with Crippen molar-refractivity contribution in [3.63, 3.8) is 0 Å². The van der Waals surface area contributed by atoms with Gasteiger partial charge in [-0.2, -0.15) is 0 Å². The Morgan fingerprint density at radius 2 is 1.44 bits per heavy atom. The Kier molecular flexibility index (Phi) is 11.1. The number of nitrogens with zero attached hydrogens (tertiary/aromatic N) is 2. The fourth-order valence-electron chi connectivity index (χ4n) is 4.84. The zero-order valence-corrected chi connectivity index (χ0v) is 23.4. The lowest BCUT2D eigenvalue weighted by Gasteiger charge is -2.27. The molecule has 2 aromatic carbocycles. The number of benzene rings is 2. The van der Waals surface area contributed by atoms with Crippen LogP contribution in [-0.2, 0) is 14.3 Å². The molecule has 0 aromatic heterocycles. The first kappa shape index (κ1) is 29.9. The van der Waals surface area contributed by atoms with E-state index in [-0.39, 0.29) is 11.3 Å². The molecule has 0 bridgehead atoms. The minimum absolute atomic E-state index is 0.0322. The zero-order valence-electron chi connectivity index (χ0n) is 23.4. The van der Waals surface area contributed by atoms with E-state index < -0.39 is 23.7 Å². The molecule has 2 aromatic rings. The van der Waals surface area contributed by atoms with Gasteiger partial charge in [-0.25, -0.2) is 4.79 Å². The molecular weight excluding hydrogens is 496 g/mol. The Labute approximate surface area is 231 Å². The van der Waals surface area contributed by atoms with Crippen LogP contribution in [0.15, 0.2) is 54.1 Å². The van der Waals surface area contributed by atoms with Crippen molar-refractivity contribution in [2.45, 2.75) is 52.0 Å². The number of carbonyl (C=O) groups excluding carboxylic acids is 3. The van der Waals surface area contributed by atoms with Crippen LogP contribution in [0.25, 0.3) is 5.76 Å². The molecule has 210 valence electrons. The largest absolute Gasteiger partial charge is 0.507 e. The molecule has 0 unspecified atom stereocenters. The number of likely N-dealkylation sites (tertiary alicyclic amines) is 1. The van der Waals surface area contributed by atoms with Crippen LogP contribution in [0.1, 0.15) is 73.5 Å². The van der Waals surface area contributed by atoms with Gasteiger partial charge in [-0.05, 0) is 80.9 Å². The van der Waals surface area contributed by atoms with Gasteiger partial charge in [0.1, 0.15) is 11.5 Å². The number of rotatable bonds is 14. The van der Waals surface area contributed by atoms with Gasteiger partial charge < -0.3 is 24.4 Å². The summed E-state index contributed by atoms with van der Waals surface area (Å²) in [5, 5.41) is 11.3. The van der Waals surface area contributed by atoms with Crippen molar-refractivity contribution in [1.82, 2.24) is 9.80 Å². The van der Waals surface area contributed by atoms with Gasteiger partial charge in [0, 0.05) is 12.1 Å². The Morgan fingerprint density at radius 1 is 0.872 bits per heavy atom. The number of aliphatic hydroxyl groups excluding tert-OH is 1. The standard InChI is InChI=1S/C31H40N2O6/c1-5-7-18-32(19-8-6-2)20-9-21-33-27(22-10-12-24(13-11-22)31(37)39-4)26(29(35)30(33)36)28(34)23-14-16-25(38-3)17-15-23/h10-17,27,34H,5-9,18-21H2,1-4H3/t27-/m0/s1. The van der Waals surface area contributed by atoms with E-state index >= 15 is 0 Å². The Balaban J connectivity index is 1.95. The highest BCUT2D eigenvalue weighted by Crippen LogP contribution is 2.39. The maximum atomic E-state index is 13.3. The highest BCUT2D eigenvalue weighted by atomic mass is 16.5. The number of carbonyl (C=O) groups is 3. The van der Waals surface area contributed by atoms with Gasteiger partial charge in [0.25, 0.3) is 11.7 Å². The van der Waals surface area contributed by atoms with Crippen molar-refractivity contribution in [3.05, 3.63) is 70.8 Å². The number of hydrogen-bond donors (Lipinski definition) is 1. The molecule has 1 aliphatic heterocycles. The molecule has 0 spiro atoms. The fraction of sp³-hybridized carbons (Fsp3) is 0.452. The molecule has 39 heavy (non-hydrogen) atoms. The van der Waals surface area contributed by atoms with Crippen molar-refractivity contribution in [2.24, 2.45) is 0 Å². The predicted octanol–water partition coefficient (Wildman–Crippen LogP) is 5.20. The first-order valence-corrected chi connectivity index (χ1v) is 13.7. The second kappa shape index (κ2) is 14.5. The maximum absolute atomic E-state index is 13.3. The Morgan fingerprint density at radius 3 is 1.97 bits per heavy atom. The third-order valence-corrected chi connectivity index (χ3v) is 7.08. The summed E-state index contributed by atoms with van der Waals surface area (Å²) < 4.78 is 10.0. The van der Waals surface area contributed by atoms with Crippen molar-refractivity contribution in [3.8, 4) is 5.75 Å². The molecule has 0 saturated carbocycles. The average molecular weight is 537 g/mol. The van der Waals surface area contributed by atoms with Crippen molar-refractivity contribution in [1.29, 1.82) is 0 Å². The number of ketones is 1. The lowest BCUT2D eigenvalue weighted by atomic mass is 9.94. The minimum atomic E-state index is -0.779. The van der Waals surface area contributed by atoms with Gasteiger partial charge >= 0.3 is 5.97 Å². The lowest BCUT2D eigenvalue weighted by molar-refractivity contribution is -0.140.